The topological polar surface area (TPSA) is 113 Å². The normalized spacial score (nSPS) is 26.0. The molecule has 2 N–H and O–H groups in total. The van der Waals surface area contributed by atoms with Gasteiger partial charge in [-0.1, -0.05) is 6.58 Å². The fraction of sp³-hybridized carbons (Fsp3) is 0.706. The van der Waals surface area contributed by atoms with E-state index >= 15 is 0 Å². The van der Waals surface area contributed by atoms with Crippen molar-refractivity contribution in [2.24, 2.45) is 5.41 Å². The SMILES string of the molecule is C=CC(=O)N1C(C)(C)CC2(CC1(C)C)OCC(C(=O)O)(C(=O)O)CO2. The summed E-state index contributed by atoms with van der Waals surface area (Å²) in [7, 11) is 0. The fourth-order valence-electron chi connectivity index (χ4n) is 4.18. The minimum Gasteiger partial charge on any atom is -0.480 e. The third-order valence-electron chi connectivity index (χ3n) is 4.99. The summed E-state index contributed by atoms with van der Waals surface area (Å²) in [4.78, 5) is 36.9. The average Bonchev–Trinajstić information content (AvgIpc) is 2.44. The minimum atomic E-state index is -2.12. The molecule has 2 rings (SSSR count). The van der Waals surface area contributed by atoms with E-state index in [0.717, 1.165) is 0 Å². The van der Waals surface area contributed by atoms with E-state index in [-0.39, 0.29) is 5.91 Å². The molecular weight excluding hydrogens is 330 g/mol. The van der Waals surface area contributed by atoms with Gasteiger partial charge in [-0.05, 0) is 33.8 Å². The number of amides is 1. The van der Waals surface area contributed by atoms with Gasteiger partial charge in [0.2, 0.25) is 11.3 Å². The Morgan fingerprint density at radius 2 is 1.36 bits per heavy atom. The summed E-state index contributed by atoms with van der Waals surface area (Å²) < 4.78 is 11.5. The Labute approximate surface area is 146 Å². The predicted molar refractivity (Wildman–Crippen MR) is 86.8 cm³/mol. The lowest BCUT2D eigenvalue weighted by molar-refractivity contribution is -0.333. The van der Waals surface area contributed by atoms with Crippen LogP contribution in [0.1, 0.15) is 40.5 Å². The van der Waals surface area contributed by atoms with Crippen molar-refractivity contribution < 1.29 is 34.1 Å². The van der Waals surface area contributed by atoms with E-state index in [0.29, 0.717) is 12.8 Å². The maximum absolute atomic E-state index is 12.3. The van der Waals surface area contributed by atoms with Crippen LogP contribution in [0.4, 0.5) is 0 Å². The van der Waals surface area contributed by atoms with Crippen molar-refractivity contribution in [3.8, 4) is 0 Å². The van der Waals surface area contributed by atoms with Crippen LogP contribution in [-0.4, -0.2) is 63.0 Å². The van der Waals surface area contributed by atoms with Gasteiger partial charge in [-0.15, -0.1) is 0 Å². The molecule has 25 heavy (non-hydrogen) atoms. The molecule has 140 valence electrons. The van der Waals surface area contributed by atoms with Crippen LogP contribution in [-0.2, 0) is 23.9 Å². The number of carboxylic acids is 2. The number of likely N-dealkylation sites (tertiary alicyclic amines) is 1. The number of nitrogens with zero attached hydrogens (tertiary/aromatic N) is 1. The molecule has 2 aliphatic rings. The van der Waals surface area contributed by atoms with E-state index in [2.05, 4.69) is 6.58 Å². The lowest BCUT2D eigenvalue weighted by atomic mass is 9.75. The number of carbonyl (C=O) groups excluding carboxylic acids is 1. The Hall–Kier alpha value is -1.93. The van der Waals surface area contributed by atoms with Gasteiger partial charge in [0.25, 0.3) is 0 Å². The van der Waals surface area contributed by atoms with Crippen LogP contribution in [0, 0.1) is 5.41 Å². The molecule has 0 bridgehead atoms. The first kappa shape index (κ1) is 19.4. The summed E-state index contributed by atoms with van der Waals surface area (Å²) in [5.74, 6) is -4.34. The largest absolute Gasteiger partial charge is 0.480 e. The average molecular weight is 355 g/mol. The van der Waals surface area contributed by atoms with E-state index in [4.69, 9.17) is 9.47 Å². The van der Waals surface area contributed by atoms with Crippen molar-refractivity contribution in [2.45, 2.75) is 57.4 Å². The molecule has 0 unspecified atom stereocenters. The number of piperidine rings is 1. The Balaban J connectivity index is 2.32. The first-order valence-electron chi connectivity index (χ1n) is 8.03. The van der Waals surface area contributed by atoms with Crippen LogP contribution in [0.5, 0.6) is 0 Å². The molecular formula is C17H25NO7. The number of aliphatic carboxylic acids is 2. The molecule has 0 aromatic heterocycles. The van der Waals surface area contributed by atoms with Crippen molar-refractivity contribution in [2.75, 3.05) is 13.2 Å². The number of carbonyl (C=O) groups is 3. The smallest absolute Gasteiger partial charge is 0.325 e. The van der Waals surface area contributed by atoms with E-state index < -0.39 is 47.4 Å². The van der Waals surface area contributed by atoms with Gasteiger partial charge in [0.15, 0.2) is 5.79 Å². The van der Waals surface area contributed by atoms with Crippen molar-refractivity contribution >= 4 is 17.8 Å². The van der Waals surface area contributed by atoms with Crippen LogP contribution >= 0.6 is 0 Å². The second kappa shape index (κ2) is 5.81. The first-order chi connectivity index (χ1) is 11.3. The zero-order valence-electron chi connectivity index (χ0n) is 15.0. The van der Waals surface area contributed by atoms with E-state index in [1.807, 2.05) is 27.7 Å². The number of carboxylic acid groups (broad SMARTS) is 2. The summed E-state index contributed by atoms with van der Waals surface area (Å²) in [6, 6.07) is 0. The zero-order chi connectivity index (χ0) is 19.3. The molecule has 0 atom stereocenters. The number of ether oxygens (including phenoxy) is 2. The molecule has 1 spiro atoms. The van der Waals surface area contributed by atoms with E-state index in [1.165, 1.54) is 6.08 Å². The highest BCUT2D eigenvalue weighted by Crippen LogP contribution is 2.48. The van der Waals surface area contributed by atoms with Crippen LogP contribution in [0.25, 0.3) is 0 Å². The quantitative estimate of drug-likeness (QED) is 0.578. The number of hydrogen-bond acceptors (Lipinski definition) is 5. The summed E-state index contributed by atoms with van der Waals surface area (Å²) in [6.45, 7) is 10.0. The van der Waals surface area contributed by atoms with Crippen LogP contribution in [0.3, 0.4) is 0 Å². The first-order valence-corrected chi connectivity index (χ1v) is 8.03. The molecule has 0 aromatic rings. The molecule has 0 radical (unpaired) electrons. The van der Waals surface area contributed by atoms with Crippen molar-refractivity contribution in [3.63, 3.8) is 0 Å². The van der Waals surface area contributed by atoms with Gasteiger partial charge < -0.3 is 24.6 Å². The standard InChI is InChI=1S/C17H25NO7/c1-6-11(19)18-14(2,3)7-17(8-15(18,4)5)24-9-16(10-25-17,12(20)21)13(22)23/h6H,1,7-10H2,2-5H3,(H,20,21)(H,22,23). The number of hydrogen-bond donors (Lipinski definition) is 2. The second-order valence-electron chi connectivity index (χ2n) is 8.04. The molecule has 2 saturated heterocycles. The Morgan fingerprint density at radius 3 is 1.68 bits per heavy atom. The monoisotopic (exact) mass is 355 g/mol. The highest BCUT2D eigenvalue weighted by molar-refractivity contribution is 5.98. The lowest BCUT2D eigenvalue weighted by Crippen LogP contribution is -2.70. The maximum Gasteiger partial charge on any atom is 0.325 e. The second-order valence-corrected chi connectivity index (χ2v) is 8.04. The lowest BCUT2D eigenvalue weighted by Gasteiger charge is -2.59. The molecule has 2 heterocycles. The van der Waals surface area contributed by atoms with E-state index in [1.54, 1.807) is 4.90 Å². The predicted octanol–water partition coefficient (Wildman–Crippen LogP) is 1.25. The van der Waals surface area contributed by atoms with Gasteiger partial charge in [-0.3, -0.25) is 14.4 Å². The Bertz CT molecular complexity index is 578. The van der Waals surface area contributed by atoms with Crippen LogP contribution in [0.2, 0.25) is 0 Å². The van der Waals surface area contributed by atoms with Crippen molar-refractivity contribution in [3.05, 3.63) is 12.7 Å². The van der Waals surface area contributed by atoms with Gasteiger partial charge in [0.05, 0.1) is 13.2 Å². The van der Waals surface area contributed by atoms with Crippen LogP contribution < -0.4 is 0 Å². The third kappa shape index (κ3) is 3.04. The fourth-order valence-corrected chi connectivity index (χ4v) is 4.18. The molecule has 2 aliphatic heterocycles. The van der Waals surface area contributed by atoms with Crippen molar-refractivity contribution in [1.82, 2.24) is 4.90 Å². The Morgan fingerprint density at radius 1 is 0.960 bits per heavy atom. The minimum absolute atomic E-state index is 0.217. The van der Waals surface area contributed by atoms with E-state index in [9.17, 15) is 24.6 Å². The summed E-state index contributed by atoms with van der Waals surface area (Å²) in [5, 5.41) is 18.6. The number of rotatable bonds is 3. The molecule has 0 aliphatic carbocycles. The van der Waals surface area contributed by atoms with Gasteiger partial charge >= 0.3 is 11.9 Å². The molecule has 2 fully saturated rings. The Kier molecular flexibility index (Phi) is 4.51. The summed E-state index contributed by atoms with van der Waals surface area (Å²) in [6.07, 6.45) is 1.83. The molecule has 1 amide bonds. The molecule has 0 saturated carbocycles. The van der Waals surface area contributed by atoms with Gasteiger partial charge in [0.1, 0.15) is 0 Å². The highest BCUT2D eigenvalue weighted by atomic mass is 16.7. The zero-order valence-corrected chi connectivity index (χ0v) is 15.0. The van der Waals surface area contributed by atoms with Gasteiger partial charge in [-0.2, -0.15) is 0 Å². The van der Waals surface area contributed by atoms with Gasteiger partial charge in [0, 0.05) is 23.9 Å². The maximum atomic E-state index is 12.3. The highest BCUT2D eigenvalue weighted by Gasteiger charge is 2.61. The summed E-state index contributed by atoms with van der Waals surface area (Å²) >= 11 is 0. The van der Waals surface area contributed by atoms with Crippen molar-refractivity contribution in [1.29, 1.82) is 0 Å². The summed E-state index contributed by atoms with van der Waals surface area (Å²) in [5.41, 5.74) is -3.42. The molecule has 8 nitrogen and oxygen atoms in total. The third-order valence-corrected chi connectivity index (χ3v) is 4.99. The molecule has 8 heteroatoms. The van der Waals surface area contributed by atoms with Gasteiger partial charge in [-0.25, -0.2) is 0 Å². The van der Waals surface area contributed by atoms with Crippen LogP contribution in [0.15, 0.2) is 12.7 Å². The molecule has 0 aromatic carbocycles.